The van der Waals surface area contributed by atoms with Crippen LogP contribution in [0.5, 0.6) is 0 Å². The van der Waals surface area contributed by atoms with Gasteiger partial charge in [-0.15, -0.1) is 0 Å². The fourth-order valence-electron chi connectivity index (χ4n) is 2.47. The maximum Gasteiger partial charge on any atom is 0.234 e. The van der Waals surface area contributed by atoms with E-state index in [2.05, 4.69) is 26.2 Å². The molecule has 5 nitrogen and oxygen atoms in total. The van der Waals surface area contributed by atoms with Crippen molar-refractivity contribution in [1.29, 1.82) is 0 Å². The van der Waals surface area contributed by atoms with Crippen molar-refractivity contribution >= 4 is 43.3 Å². The molecule has 0 unspecified atom stereocenters. The molecular formula is C18H14BrClN2O3S. The summed E-state index contributed by atoms with van der Waals surface area (Å²) in [7, 11) is -3.84. The summed E-state index contributed by atoms with van der Waals surface area (Å²) in [5, 5.41) is 3.44. The third kappa shape index (κ3) is 3.39. The van der Waals surface area contributed by atoms with Gasteiger partial charge in [-0.05, 0) is 49.2 Å². The predicted octanol–water partition coefficient (Wildman–Crippen LogP) is 5.16. The summed E-state index contributed by atoms with van der Waals surface area (Å²) >= 11 is 9.52. The Bertz CT molecular complexity index is 1060. The van der Waals surface area contributed by atoms with Gasteiger partial charge < -0.3 is 9.73 Å². The summed E-state index contributed by atoms with van der Waals surface area (Å²) in [6.45, 7) is 0. The van der Waals surface area contributed by atoms with Gasteiger partial charge in [0, 0.05) is 10.5 Å². The Balaban J connectivity index is 1.83. The van der Waals surface area contributed by atoms with Gasteiger partial charge in [-0.25, -0.2) is 8.42 Å². The molecule has 1 aromatic heterocycles. The molecule has 0 bridgehead atoms. The van der Waals surface area contributed by atoms with Crippen LogP contribution in [0.4, 0.5) is 5.88 Å². The maximum atomic E-state index is 13.1. The lowest BCUT2D eigenvalue weighted by Gasteiger charge is -2.05. The molecule has 2 aromatic carbocycles. The number of hydrogen-bond acceptors (Lipinski definition) is 5. The zero-order chi connectivity index (χ0) is 18.3. The highest BCUT2D eigenvalue weighted by Gasteiger charge is 2.32. The molecule has 134 valence electrons. The molecule has 1 aliphatic rings. The Morgan fingerprint density at radius 3 is 2.46 bits per heavy atom. The maximum absolute atomic E-state index is 13.1. The first-order valence-electron chi connectivity index (χ1n) is 7.98. The molecule has 26 heavy (non-hydrogen) atoms. The van der Waals surface area contributed by atoms with Crippen molar-refractivity contribution in [2.75, 3.05) is 5.32 Å². The van der Waals surface area contributed by atoms with Crippen molar-refractivity contribution in [2.45, 2.75) is 28.8 Å². The highest BCUT2D eigenvalue weighted by molar-refractivity contribution is 9.10. The second-order valence-corrected chi connectivity index (χ2v) is 9.20. The molecule has 8 heteroatoms. The molecule has 0 radical (unpaired) electrons. The topological polar surface area (TPSA) is 72.2 Å². The van der Waals surface area contributed by atoms with Crippen molar-refractivity contribution in [3.63, 3.8) is 0 Å². The van der Waals surface area contributed by atoms with E-state index >= 15 is 0 Å². The first-order valence-corrected chi connectivity index (χ1v) is 10.6. The monoisotopic (exact) mass is 452 g/mol. The number of halogens is 2. The number of oxazole rings is 1. The summed E-state index contributed by atoms with van der Waals surface area (Å²) in [4.78, 5) is 4.43. The normalized spacial score (nSPS) is 14.4. The van der Waals surface area contributed by atoms with Crippen molar-refractivity contribution in [3.05, 3.63) is 58.0 Å². The number of hydrogen-bond donors (Lipinski definition) is 1. The zero-order valence-electron chi connectivity index (χ0n) is 13.4. The third-order valence-electron chi connectivity index (χ3n) is 3.99. The molecule has 1 heterocycles. The van der Waals surface area contributed by atoms with E-state index in [4.69, 9.17) is 16.0 Å². The minimum atomic E-state index is -3.84. The average Bonchev–Trinajstić information content (AvgIpc) is 3.32. The van der Waals surface area contributed by atoms with Gasteiger partial charge >= 0.3 is 0 Å². The van der Waals surface area contributed by atoms with Gasteiger partial charge in [0.15, 0.2) is 0 Å². The van der Waals surface area contributed by atoms with Gasteiger partial charge in [0.25, 0.3) is 0 Å². The fourth-order valence-corrected chi connectivity index (χ4v) is 4.21. The molecule has 1 fully saturated rings. The summed E-state index contributed by atoms with van der Waals surface area (Å²) in [5.74, 6) is 0.333. The van der Waals surface area contributed by atoms with Gasteiger partial charge in [0.05, 0.1) is 15.5 Å². The lowest BCUT2D eigenvalue weighted by molar-refractivity contribution is 0.576. The van der Waals surface area contributed by atoms with E-state index < -0.39 is 9.84 Å². The van der Waals surface area contributed by atoms with Crippen LogP contribution in [0.25, 0.3) is 11.5 Å². The molecule has 0 atom stereocenters. The SMILES string of the molecule is O=S(=O)(c1ccc(Br)cc1)c1nc(-c2ccccc2Cl)oc1NC1CC1. The van der Waals surface area contributed by atoms with Crippen LogP contribution >= 0.6 is 27.5 Å². The summed E-state index contributed by atoms with van der Waals surface area (Å²) < 4.78 is 32.7. The van der Waals surface area contributed by atoms with E-state index in [1.807, 2.05) is 0 Å². The Morgan fingerprint density at radius 1 is 1.12 bits per heavy atom. The molecule has 0 saturated heterocycles. The molecular weight excluding hydrogens is 440 g/mol. The number of sulfone groups is 1. The van der Waals surface area contributed by atoms with Crippen molar-refractivity contribution in [1.82, 2.24) is 4.98 Å². The number of rotatable bonds is 5. The van der Waals surface area contributed by atoms with Crippen molar-refractivity contribution in [3.8, 4) is 11.5 Å². The first-order chi connectivity index (χ1) is 12.4. The second-order valence-electron chi connectivity index (χ2n) is 6.01. The van der Waals surface area contributed by atoms with Gasteiger partial charge in [-0.2, -0.15) is 4.98 Å². The summed E-state index contributed by atoms with van der Waals surface area (Å²) in [5.41, 5.74) is 0.547. The van der Waals surface area contributed by atoms with Crippen LogP contribution in [0.1, 0.15) is 12.8 Å². The lowest BCUT2D eigenvalue weighted by Crippen LogP contribution is -2.08. The third-order valence-corrected chi connectivity index (χ3v) is 6.53. The van der Waals surface area contributed by atoms with Crippen LogP contribution in [-0.2, 0) is 9.84 Å². The summed E-state index contributed by atoms with van der Waals surface area (Å²) in [6.07, 6.45) is 1.94. The fraction of sp³-hybridized carbons (Fsp3) is 0.167. The van der Waals surface area contributed by atoms with Crippen LogP contribution in [-0.4, -0.2) is 19.4 Å². The number of anilines is 1. The van der Waals surface area contributed by atoms with E-state index in [9.17, 15) is 8.42 Å². The minimum absolute atomic E-state index is 0.123. The van der Waals surface area contributed by atoms with Gasteiger partial charge in [0.1, 0.15) is 0 Å². The van der Waals surface area contributed by atoms with Crippen molar-refractivity contribution < 1.29 is 12.8 Å². The van der Waals surface area contributed by atoms with E-state index in [0.29, 0.717) is 10.6 Å². The number of aromatic nitrogens is 1. The summed E-state index contributed by atoms with van der Waals surface area (Å²) in [6, 6.07) is 13.7. The zero-order valence-corrected chi connectivity index (χ0v) is 16.6. The molecule has 3 aromatic rings. The highest BCUT2D eigenvalue weighted by atomic mass is 79.9. The standard InChI is InChI=1S/C18H14BrClN2O3S/c19-11-5-9-13(10-6-11)26(23,24)18-17(21-12-7-8-12)25-16(22-18)14-3-1-2-4-15(14)20/h1-6,9-10,12,21H,7-8H2. The minimum Gasteiger partial charge on any atom is -0.419 e. The van der Waals surface area contributed by atoms with Gasteiger partial charge in [-0.1, -0.05) is 39.7 Å². The largest absolute Gasteiger partial charge is 0.419 e. The number of benzene rings is 2. The molecule has 1 N–H and O–H groups in total. The molecule has 0 amide bonds. The average molecular weight is 454 g/mol. The van der Waals surface area contributed by atoms with Crippen LogP contribution in [0.2, 0.25) is 5.02 Å². The van der Waals surface area contributed by atoms with Crippen LogP contribution < -0.4 is 5.32 Å². The lowest BCUT2D eigenvalue weighted by atomic mass is 10.2. The molecule has 0 aliphatic heterocycles. The predicted molar refractivity (Wildman–Crippen MR) is 103 cm³/mol. The van der Waals surface area contributed by atoms with E-state index in [1.54, 1.807) is 36.4 Å². The van der Waals surface area contributed by atoms with Gasteiger partial charge in [-0.3, -0.25) is 0 Å². The first kappa shape index (κ1) is 17.6. The van der Waals surface area contributed by atoms with E-state index in [-0.39, 0.29) is 27.7 Å². The van der Waals surface area contributed by atoms with Crippen LogP contribution in [0.15, 0.2) is 67.3 Å². The highest BCUT2D eigenvalue weighted by Crippen LogP contribution is 2.37. The molecule has 1 aliphatic carbocycles. The van der Waals surface area contributed by atoms with Gasteiger partial charge in [0.2, 0.25) is 26.6 Å². The number of nitrogens with zero attached hydrogens (tertiary/aromatic N) is 1. The van der Waals surface area contributed by atoms with Crippen LogP contribution in [0, 0.1) is 0 Å². The van der Waals surface area contributed by atoms with E-state index in [1.165, 1.54) is 12.1 Å². The quantitative estimate of drug-likeness (QED) is 0.577. The Hall–Kier alpha value is -1.83. The number of nitrogens with one attached hydrogen (secondary N) is 1. The molecule has 1 saturated carbocycles. The van der Waals surface area contributed by atoms with E-state index in [0.717, 1.165) is 17.3 Å². The Labute approximate surface area is 164 Å². The molecule has 0 spiro atoms. The van der Waals surface area contributed by atoms with Crippen LogP contribution in [0.3, 0.4) is 0 Å². The Kier molecular flexibility index (Phi) is 4.54. The second kappa shape index (κ2) is 6.72. The van der Waals surface area contributed by atoms with Crippen molar-refractivity contribution in [2.24, 2.45) is 0 Å². The Morgan fingerprint density at radius 2 is 1.81 bits per heavy atom. The smallest absolute Gasteiger partial charge is 0.234 e. The molecule has 4 rings (SSSR count).